The molecule has 0 saturated carbocycles. The van der Waals surface area contributed by atoms with Crippen molar-refractivity contribution in [3.63, 3.8) is 0 Å². The van der Waals surface area contributed by atoms with Crippen LogP contribution in [0.5, 0.6) is 5.75 Å². The van der Waals surface area contributed by atoms with Crippen molar-refractivity contribution in [2.24, 2.45) is 0 Å². The number of hydrogen-bond acceptors (Lipinski definition) is 3. The molecule has 2 N–H and O–H groups in total. The zero-order chi connectivity index (χ0) is 18.9. The van der Waals surface area contributed by atoms with Crippen LogP contribution in [0, 0.1) is 0 Å². The third kappa shape index (κ3) is 5.92. The topological polar surface area (TPSA) is 67.4 Å². The van der Waals surface area contributed by atoms with Crippen molar-refractivity contribution in [3.05, 3.63) is 54.1 Å². The molecule has 2 rings (SSSR count). The summed E-state index contributed by atoms with van der Waals surface area (Å²) in [6, 6.07) is 14.2. The standard InChI is InChI=1S/C21H26N2O3/c1-4-7-20(24)22-17-8-6-9-18(14-17)23-21(25)16-10-12-19(13-11-16)26-15(3)5-2/h6,8-15H,4-5,7H2,1-3H3,(H,22,24)(H,23,25). The van der Waals surface area contributed by atoms with Crippen molar-refractivity contribution in [2.75, 3.05) is 10.6 Å². The van der Waals surface area contributed by atoms with Crippen molar-refractivity contribution in [2.45, 2.75) is 46.1 Å². The average Bonchev–Trinajstić information content (AvgIpc) is 2.62. The van der Waals surface area contributed by atoms with E-state index in [0.29, 0.717) is 23.4 Å². The first kappa shape index (κ1) is 19.5. The fourth-order valence-corrected chi connectivity index (χ4v) is 2.33. The Kier molecular flexibility index (Phi) is 7.21. The Morgan fingerprint density at radius 2 is 1.65 bits per heavy atom. The first-order valence-corrected chi connectivity index (χ1v) is 8.99. The van der Waals surface area contributed by atoms with Crippen LogP contribution in [-0.2, 0) is 4.79 Å². The van der Waals surface area contributed by atoms with Gasteiger partial charge in [-0.05, 0) is 62.2 Å². The molecule has 0 aliphatic rings. The largest absolute Gasteiger partial charge is 0.491 e. The molecule has 2 amide bonds. The smallest absolute Gasteiger partial charge is 0.255 e. The SMILES string of the molecule is CCCC(=O)Nc1cccc(NC(=O)c2ccc(OC(C)CC)cc2)c1. The second-order valence-electron chi connectivity index (χ2n) is 6.19. The molecule has 0 saturated heterocycles. The molecule has 26 heavy (non-hydrogen) atoms. The van der Waals surface area contributed by atoms with Crippen LogP contribution in [0.3, 0.4) is 0 Å². The van der Waals surface area contributed by atoms with E-state index < -0.39 is 0 Å². The lowest BCUT2D eigenvalue weighted by molar-refractivity contribution is -0.116. The van der Waals surface area contributed by atoms with E-state index in [-0.39, 0.29) is 17.9 Å². The van der Waals surface area contributed by atoms with Crippen LogP contribution in [0.4, 0.5) is 11.4 Å². The van der Waals surface area contributed by atoms with Gasteiger partial charge in [-0.1, -0.05) is 19.9 Å². The zero-order valence-corrected chi connectivity index (χ0v) is 15.5. The Hall–Kier alpha value is -2.82. The number of hydrogen-bond donors (Lipinski definition) is 2. The van der Waals surface area contributed by atoms with E-state index in [4.69, 9.17) is 4.74 Å². The Morgan fingerprint density at radius 3 is 2.27 bits per heavy atom. The second kappa shape index (κ2) is 9.61. The van der Waals surface area contributed by atoms with Crippen LogP contribution < -0.4 is 15.4 Å². The van der Waals surface area contributed by atoms with Gasteiger partial charge in [-0.2, -0.15) is 0 Å². The lowest BCUT2D eigenvalue weighted by atomic mass is 10.2. The van der Waals surface area contributed by atoms with Gasteiger partial charge in [0.2, 0.25) is 5.91 Å². The van der Waals surface area contributed by atoms with Gasteiger partial charge in [0.05, 0.1) is 6.10 Å². The third-order valence-electron chi connectivity index (χ3n) is 3.91. The molecule has 0 aliphatic carbocycles. The highest BCUT2D eigenvalue weighted by atomic mass is 16.5. The summed E-state index contributed by atoms with van der Waals surface area (Å²) in [6.45, 7) is 6.02. The number of anilines is 2. The molecule has 0 radical (unpaired) electrons. The number of rotatable bonds is 8. The Labute approximate surface area is 154 Å². The van der Waals surface area contributed by atoms with Crippen molar-refractivity contribution >= 4 is 23.2 Å². The van der Waals surface area contributed by atoms with Gasteiger partial charge in [0.1, 0.15) is 5.75 Å². The minimum Gasteiger partial charge on any atom is -0.491 e. The molecule has 5 nitrogen and oxygen atoms in total. The molecule has 138 valence electrons. The number of amides is 2. The van der Waals surface area contributed by atoms with Gasteiger partial charge in [0.25, 0.3) is 5.91 Å². The molecule has 0 aromatic heterocycles. The molecule has 1 unspecified atom stereocenters. The van der Waals surface area contributed by atoms with E-state index >= 15 is 0 Å². The fraction of sp³-hybridized carbons (Fsp3) is 0.333. The van der Waals surface area contributed by atoms with E-state index in [1.807, 2.05) is 13.8 Å². The Balaban J connectivity index is 1.99. The van der Waals surface area contributed by atoms with E-state index in [1.54, 1.807) is 48.5 Å². The Morgan fingerprint density at radius 1 is 1.00 bits per heavy atom. The van der Waals surface area contributed by atoms with E-state index in [1.165, 1.54) is 0 Å². The van der Waals surface area contributed by atoms with Crippen LogP contribution in [0.2, 0.25) is 0 Å². The fourth-order valence-electron chi connectivity index (χ4n) is 2.33. The van der Waals surface area contributed by atoms with Gasteiger partial charge >= 0.3 is 0 Å². The Bertz CT molecular complexity index is 741. The molecule has 1 atom stereocenters. The number of carbonyl (C=O) groups is 2. The van der Waals surface area contributed by atoms with Crippen LogP contribution >= 0.6 is 0 Å². The molecule has 0 bridgehead atoms. The summed E-state index contributed by atoms with van der Waals surface area (Å²) in [4.78, 5) is 24.1. The lowest BCUT2D eigenvalue weighted by Crippen LogP contribution is -2.14. The summed E-state index contributed by atoms with van der Waals surface area (Å²) in [7, 11) is 0. The maximum absolute atomic E-state index is 12.4. The van der Waals surface area contributed by atoms with Gasteiger partial charge in [-0.3, -0.25) is 9.59 Å². The number of nitrogens with one attached hydrogen (secondary N) is 2. The molecule has 0 fully saturated rings. The molecule has 2 aromatic carbocycles. The zero-order valence-electron chi connectivity index (χ0n) is 15.5. The van der Waals surface area contributed by atoms with E-state index in [2.05, 4.69) is 17.6 Å². The van der Waals surface area contributed by atoms with Gasteiger partial charge < -0.3 is 15.4 Å². The van der Waals surface area contributed by atoms with Crippen molar-refractivity contribution in [1.82, 2.24) is 0 Å². The molecule has 0 heterocycles. The molecule has 0 spiro atoms. The van der Waals surface area contributed by atoms with E-state index in [9.17, 15) is 9.59 Å². The minimum absolute atomic E-state index is 0.0344. The summed E-state index contributed by atoms with van der Waals surface area (Å²) in [5.74, 6) is 0.501. The first-order valence-electron chi connectivity index (χ1n) is 8.99. The maximum Gasteiger partial charge on any atom is 0.255 e. The molecule has 0 aliphatic heterocycles. The highest BCUT2D eigenvalue weighted by Gasteiger charge is 2.08. The quantitative estimate of drug-likeness (QED) is 0.712. The summed E-state index contributed by atoms with van der Waals surface area (Å²) in [5, 5.41) is 5.66. The molecular formula is C21H26N2O3. The highest BCUT2D eigenvalue weighted by molar-refractivity contribution is 6.04. The summed E-state index contributed by atoms with van der Waals surface area (Å²) < 4.78 is 5.72. The van der Waals surface area contributed by atoms with Crippen LogP contribution in [-0.4, -0.2) is 17.9 Å². The molecular weight excluding hydrogens is 328 g/mol. The van der Waals surface area contributed by atoms with Gasteiger partial charge in [-0.25, -0.2) is 0 Å². The maximum atomic E-state index is 12.4. The first-order chi connectivity index (χ1) is 12.5. The number of ether oxygens (including phenoxy) is 1. The third-order valence-corrected chi connectivity index (χ3v) is 3.91. The van der Waals surface area contributed by atoms with E-state index in [0.717, 1.165) is 18.6 Å². The predicted molar refractivity (Wildman–Crippen MR) is 105 cm³/mol. The normalized spacial score (nSPS) is 11.5. The summed E-state index contributed by atoms with van der Waals surface area (Å²) >= 11 is 0. The number of carbonyl (C=O) groups excluding carboxylic acids is 2. The van der Waals surface area contributed by atoms with Crippen LogP contribution in [0.25, 0.3) is 0 Å². The second-order valence-corrected chi connectivity index (χ2v) is 6.19. The van der Waals surface area contributed by atoms with Crippen LogP contribution in [0.1, 0.15) is 50.4 Å². The van der Waals surface area contributed by atoms with Crippen molar-refractivity contribution in [1.29, 1.82) is 0 Å². The summed E-state index contributed by atoms with van der Waals surface area (Å²) in [5.41, 5.74) is 1.84. The van der Waals surface area contributed by atoms with Crippen molar-refractivity contribution < 1.29 is 14.3 Å². The summed E-state index contributed by atoms with van der Waals surface area (Å²) in [6.07, 6.45) is 2.33. The van der Waals surface area contributed by atoms with Gasteiger partial charge in [0.15, 0.2) is 0 Å². The van der Waals surface area contributed by atoms with Crippen LogP contribution in [0.15, 0.2) is 48.5 Å². The van der Waals surface area contributed by atoms with Crippen molar-refractivity contribution in [3.8, 4) is 5.75 Å². The molecule has 5 heteroatoms. The van der Waals surface area contributed by atoms with Gasteiger partial charge in [-0.15, -0.1) is 0 Å². The average molecular weight is 354 g/mol. The minimum atomic E-state index is -0.211. The molecule has 2 aromatic rings. The monoisotopic (exact) mass is 354 g/mol. The number of benzene rings is 2. The van der Waals surface area contributed by atoms with Gasteiger partial charge in [0, 0.05) is 23.4 Å². The lowest BCUT2D eigenvalue weighted by Gasteiger charge is -2.13. The highest BCUT2D eigenvalue weighted by Crippen LogP contribution is 2.18. The predicted octanol–water partition coefficient (Wildman–Crippen LogP) is 4.85.